The van der Waals surface area contributed by atoms with Gasteiger partial charge in [-0.3, -0.25) is 9.78 Å². The van der Waals surface area contributed by atoms with E-state index in [2.05, 4.69) is 43.1 Å². The van der Waals surface area contributed by atoms with Crippen molar-refractivity contribution in [3.63, 3.8) is 0 Å². The van der Waals surface area contributed by atoms with E-state index in [1.165, 1.54) is 36.8 Å². The number of aromatic amines is 1. The van der Waals surface area contributed by atoms with Crippen LogP contribution in [0.5, 0.6) is 0 Å². The van der Waals surface area contributed by atoms with Gasteiger partial charge in [0, 0.05) is 28.3 Å². The number of hydrogen-bond acceptors (Lipinski definition) is 2. The SMILES string of the molecule is CC1(C)CC(=O)c2c(nc(CC3CCCC3)c3[nH]c4ccccc4c23)C1. The fourth-order valence-corrected chi connectivity index (χ4v) is 5.14. The number of aromatic nitrogens is 2. The Morgan fingerprint density at radius 3 is 2.73 bits per heavy atom. The Labute approximate surface area is 154 Å². The number of pyridine rings is 1. The molecule has 1 N–H and O–H groups in total. The van der Waals surface area contributed by atoms with Gasteiger partial charge in [-0.2, -0.15) is 0 Å². The third-order valence-electron chi connectivity index (χ3n) is 6.32. The van der Waals surface area contributed by atoms with Crippen LogP contribution in [0.2, 0.25) is 0 Å². The van der Waals surface area contributed by atoms with Crippen LogP contribution in [0.4, 0.5) is 0 Å². The van der Waals surface area contributed by atoms with Crippen LogP contribution >= 0.6 is 0 Å². The number of hydrogen-bond donors (Lipinski definition) is 1. The van der Waals surface area contributed by atoms with Gasteiger partial charge in [0.1, 0.15) is 0 Å². The Morgan fingerprint density at radius 1 is 1.15 bits per heavy atom. The molecule has 5 rings (SSSR count). The summed E-state index contributed by atoms with van der Waals surface area (Å²) in [6.45, 7) is 4.37. The number of para-hydroxylation sites is 1. The highest BCUT2D eigenvalue weighted by molar-refractivity contribution is 6.19. The topological polar surface area (TPSA) is 45.8 Å². The molecule has 2 aromatic heterocycles. The summed E-state index contributed by atoms with van der Waals surface area (Å²) in [5.41, 5.74) is 5.30. The molecule has 0 atom stereocenters. The number of carbonyl (C=O) groups is 1. The summed E-state index contributed by atoms with van der Waals surface area (Å²) >= 11 is 0. The predicted molar refractivity (Wildman–Crippen MR) is 106 cm³/mol. The normalized spacial score (nSPS) is 20.2. The maximum Gasteiger partial charge on any atom is 0.165 e. The van der Waals surface area contributed by atoms with Gasteiger partial charge in [0.2, 0.25) is 0 Å². The Balaban J connectivity index is 1.79. The molecular weight excluding hydrogens is 320 g/mol. The molecule has 3 nitrogen and oxygen atoms in total. The maximum absolute atomic E-state index is 13.1. The molecule has 2 heterocycles. The van der Waals surface area contributed by atoms with Gasteiger partial charge in [-0.05, 0) is 30.2 Å². The summed E-state index contributed by atoms with van der Waals surface area (Å²) in [5.74, 6) is 0.994. The molecule has 0 radical (unpaired) electrons. The Bertz CT molecular complexity index is 1020. The molecular formula is C23H26N2O. The van der Waals surface area contributed by atoms with Crippen LogP contribution in [-0.4, -0.2) is 15.8 Å². The lowest BCUT2D eigenvalue weighted by molar-refractivity contribution is 0.0912. The molecule has 0 unspecified atom stereocenters. The van der Waals surface area contributed by atoms with Gasteiger partial charge in [-0.15, -0.1) is 0 Å². The first-order chi connectivity index (χ1) is 12.5. The van der Waals surface area contributed by atoms with Gasteiger partial charge in [0.05, 0.1) is 16.9 Å². The molecule has 0 aliphatic heterocycles. The van der Waals surface area contributed by atoms with Crippen LogP contribution in [0.15, 0.2) is 24.3 Å². The summed E-state index contributed by atoms with van der Waals surface area (Å²) < 4.78 is 0. The van der Waals surface area contributed by atoms with Crippen molar-refractivity contribution in [2.45, 2.75) is 58.8 Å². The first-order valence-corrected chi connectivity index (χ1v) is 9.97. The third-order valence-corrected chi connectivity index (χ3v) is 6.32. The number of nitrogens with one attached hydrogen (secondary N) is 1. The molecule has 26 heavy (non-hydrogen) atoms. The largest absolute Gasteiger partial charge is 0.353 e. The van der Waals surface area contributed by atoms with Crippen molar-refractivity contribution in [2.24, 2.45) is 11.3 Å². The van der Waals surface area contributed by atoms with Crippen molar-refractivity contribution in [1.82, 2.24) is 9.97 Å². The van der Waals surface area contributed by atoms with Crippen LogP contribution in [0, 0.1) is 11.3 Å². The van der Waals surface area contributed by atoms with E-state index >= 15 is 0 Å². The van der Waals surface area contributed by atoms with E-state index in [9.17, 15) is 4.79 Å². The fourth-order valence-electron chi connectivity index (χ4n) is 5.14. The van der Waals surface area contributed by atoms with Gasteiger partial charge >= 0.3 is 0 Å². The second-order valence-corrected chi connectivity index (χ2v) is 9.10. The Hall–Kier alpha value is -2.16. The molecule has 1 aromatic carbocycles. The highest BCUT2D eigenvalue weighted by Crippen LogP contribution is 2.41. The second-order valence-electron chi connectivity index (χ2n) is 9.10. The summed E-state index contributed by atoms with van der Waals surface area (Å²) in [5, 5.41) is 2.29. The number of nitrogens with zero attached hydrogens (tertiary/aromatic N) is 1. The minimum atomic E-state index is 0.00149. The van der Waals surface area contributed by atoms with E-state index in [1.54, 1.807) is 0 Å². The number of carbonyl (C=O) groups excluding carboxylic acids is 1. The smallest absolute Gasteiger partial charge is 0.165 e. The second kappa shape index (κ2) is 5.67. The Kier molecular flexibility index (Phi) is 3.50. The molecule has 2 aliphatic carbocycles. The first kappa shape index (κ1) is 16.0. The van der Waals surface area contributed by atoms with E-state index in [4.69, 9.17) is 4.98 Å². The quantitative estimate of drug-likeness (QED) is 0.656. The summed E-state index contributed by atoms with van der Waals surface area (Å²) in [6.07, 6.45) is 7.84. The standard InChI is InChI=1S/C23H26N2O/c1-23(2)12-18-21(19(26)13-23)20-15-9-5-6-10-16(15)25-22(20)17(24-18)11-14-7-3-4-8-14/h5-6,9-10,14,25H,3-4,7-8,11-13H2,1-2H3. The number of ketones is 1. The zero-order valence-electron chi connectivity index (χ0n) is 15.7. The van der Waals surface area contributed by atoms with E-state index in [0.717, 1.165) is 46.4 Å². The Morgan fingerprint density at radius 2 is 1.92 bits per heavy atom. The van der Waals surface area contributed by atoms with Gasteiger partial charge in [0.15, 0.2) is 5.78 Å². The molecule has 1 saturated carbocycles. The van der Waals surface area contributed by atoms with E-state index in [1.807, 2.05) is 0 Å². The maximum atomic E-state index is 13.1. The van der Waals surface area contributed by atoms with Crippen molar-refractivity contribution in [2.75, 3.05) is 0 Å². The minimum absolute atomic E-state index is 0.00149. The van der Waals surface area contributed by atoms with E-state index < -0.39 is 0 Å². The number of H-pyrrole nitrogens is 1. The summed E-state index contributed by atoms with van der Waals surface area (Å²) in [4.78, 5) is 21.8. The van der Waals surface area contributed by atoms with Crippen LogP contribution < -0.4 is 0 Å². The molecule has 0 amide bonds. The van der Waals surface area contributed by atoms with Crippen LogP contribution in [0.1, 0.15) is 67.7 Å². The predicted octanol–water partition coefficient (Wildman–Crippen LogP) is 5.60. The summed E-state index contributed by atoms with van der Waals surface area (Å²) in [7, 11) is 0. The number of benzene rings is 1. The average molecular weight is 346 g/mol. The minimum Gasteiger partial charge on any atom is -0.353 e. The molecule has 0 spiro atoms. The van der Waals surface area contributed by atoms with E-state index in [0.29, 0.717) is 6.42 Å². The number of rotatable bonds is 2. The first-order valence-electron chi connectivity index (χ1n) is 9.97. The van der Waals surface area contributed by atoms with Crippen LogP contribution in [-0.2, 0) is 12.8 Å². The summed E-state index contributed by atoms with van der Waals surface area (Å²) in [6, 6.07) is 8.37. The van der Waals surface area contributed by atoms with Gasteiger partial charge < -0.3 is 4.98 Å². The molecule has 3 heteroatoms. The van der Waals surface area contributed by atoms with Crippen LogP contribution in [0.25, 0.3) is 21.8 Å². The molecule has 3 aromatic rings. The third kappa shape index (κ3) is 2.48. The molecule has 0 bridgehead atoms. The van der Waals surface area contributed by atoms with Crippen molar-refractivity contribution < 1.29 is 4.79 Å². The van der Waals surface area contributed by atoms with Gasteiger partial charge in [0.25, 0.3) is 0 Å². The fraction of sp³-hybridized carbons (Fsp3) is 0.478. The van der Waals surface area contributed by atoms with Crippen molar-refractivity contribution in [1.29, 1.82) is 0 Å². The molecule has 0 saturated heterocycles. The number of Topliss-reactive ketones (excluding diaryl/α,β-unsaturated/α-hetero) is 1. The van der Waals surface area contributed by atoms with E-state index in [-0.39, 0.29) is 11.2 Å². The molecule has 1 fully saturated rings. The van der Waals surface area contributed by atoms with Crippen molar-refractivity contribution in [3.05, 3.63) is 41.2 Å². The highest BCUT2D eigenvalue weighted by Gasteiger charge is 2.35. The molecule has 2 aliphatic rings. The van der Waals surface area contributed by atoms with Gasteiger partial charge in [-0.1, -0.05) is 57.7 Å². The van der Waals surface area contributed by atoms with Crippen molar-refractivity contribution >= 4 is 27.6 Å². The lowest BCUT2D eigenvalue weighted by Crippen LogP contribution is -2.28. The average Bonchev–Trinajstić information content (AvgIpc) is 3.21. The lowest BCUT2D eigenvalue weighted by Gasteiger charge is -2.30. The number of fused-ring (bicyclic) bond motifs is 5. The van der Waals surface area contributed by atoms with Crippen molar-refractivity contribution in [3.8, 4) is 0 Å². The highest BCUT2D eigenvalue weighted by atomic mass is 16.1. The monoisotopic (exact) mass is 346 g/mol. The van der Waals surface area contributed by atoms with Crippen LogP contribution in [0.3, 0.4) is 0 Å². The molecule has 134 valence electrons. The zero-order valence-corrected chi connectivity index (χ0v) is 15.7. The lowest BCUT2D eigenvalue weighted by atomic mass is 9.74. The van der Waals surface area contributed by atoms with Gasteiger partial charge in [-0.25, -0.2) is 0 Å². The zero-order chi connectivity index (χ0) is 17.9.